The predicted molar refractivity (Wildman–Crippen MR) is 94.5 cm³/mol. The first kappa shape index (κ1) is 17.0. The Morgan fingerprint density at radius 1 is 1.41 bits per heavy atom. The van der Waals surface area contributed by atoms with Crippen molar-refractivity contribution < 1.29 is 4.52 Å². The van der Waals surface area contributed by atoms with Gasteiger partial charge in [-0.15, -0.1) is 11.3 Å². The van der Waals surface area contributed by atoms with Gasteiger partial charge < -0.3 is 15.2 Å². The normalized spacial score (nSPS) is 12.0. The highest BCUT2D eigenvalue weighted by molar-refractivity contribution is 9.11. The zero-order chi connectivity index (χ0) is 15.9. The zero-order valence-electron chi connectivity index (χ0n) is 13.0. The molecule has 0 atom stereocenters. The van der Waals surface area contributed by atoms with Gasteiger partial charge in [0.15, 0.2) is 11.7 Å². The number of aromatic nitrogens is 1. The third-order valence-corrected chi connectivity index (χ3v) is 4.80. The van der Waals surface area contributed by atoms with E-state index in [1.165, 1.54) is 4.88 Å². The Labute approximate surface area is 143 Å². The van der Waals surface area contributed by atoms with Crippen molar-refractivity contribution in [3.63, 3.8) is 0 Å². The van der Waals surface area contributed by atoms with Crippen LogP contribution in [0.3, 0.4) is 0 Å². The van der Waals surface area contributed by atoms with E-state index in [0.29, 0.717) is 12.5 Å². The van der Waals surface area contributed by atoms with Gasteiger partial charge in [-0.05, 0) is 40.4 Å². The van der Waals surface area contributed by atoms with Gasteiger partial charge >= 0.3 is 0 Å². The summed E-state index contributed by atoms with van der Waals surface area (Å²) >= 11 is 5.23. The minimum Gasteiger partial charge on any atom is -0.359 e. The van der Waals surface area contributed by atoms with E-state index in [2.05, 4.69) is 62.7 Å². The molecule has 2 heterocycles. The molecule has 0 aromatic carbocycles. The minimum absolute atomic E-state index is 0.375. The molecular formula is C15H21BrN4OS. The van der Waals surface area contributed by atoms with E-state index >= 15 is 0 Å². The lowest BCUT2D eigenvalue weighted by molar-refractivity contribution is 0.372. The van der Waals surface area contributed by atoms with Crippen LogP contribution in [0.25, 0.3) is 0 Å². The van der Waals surface area contributed by atoms with E-state index in [4.69, 9.17) is 4.52 Å². The molecule has 0 aliphatic rings. The van der Waals surface area contributed by atoms with Crippen molar-refractivity contribution in [1.82, 2.24) is 15.8 Å². The number of aliphatic imine (C=N–C) groups is 1. The van der Waals surface area contributed by atoms with Gasteiger partial charge in [0.05, 0.1) is 16.0 Å². The fourth-order valence-corrected chi connectivity index (χ4v) is 3.35. The summed E-state index contributed by atoms with van der Waals surface area (Å²) in [4.78, 5) is 5.55. The van der Waals surface area contributed by atoms with Gasteiger partial charge in [0.2, 0.25) is 0 Å². The number of hydrogen-bond donors (Lipinski definition) is 2. The van der Waals surface area contributed by atoms with Crippen molar-refractivity contribution >= 4 is 33.2 Å². The number of rotatable bonds is 6. The Morgan fingerprint density at radius 2 is 2.23 bits per heavy atom. The molecule has 0 spiro atoms. The Bertz CT molecular complexity index is 621. The lowest BCUT2D eigenvalue weighted by Gasteiger charge is -2.09. The SMILES string of the molecule is CN=C(NCCc1ccc(Br)s1)NCc1cc(C(C)C)no1. The van der Waals surface area contributed by atoms with Gasteiger partial charge in [0, 0.05) is 24.5 Å². The zero-order valence-corrected chi connectivity index (χ0v) is 15.4. The maximum Gasteiger partial charge on any atom is 0.191 e. The van der Waals surface area contributed by atoms with Crippen LogP contribution in [0, 0.1) is 0 Å². The molecule has 0 unspecified atom stereocenters. The van der Waals surface area contributed by atoms with Crippen LogP contribution in [-0.2, 0) is 13.0 Å². The Morgan fingerprint density at radius 3 is 2.82 bits per heavy atom. The maximum absolute atomic E-state index is 5.30. The highest BCUT2D eigenvalue weighted by Gasteiger charge is 2.08. The summed E-state index contributed by atoms with van der Waals surface area (Å²) in [5.74, 6) is 1.95. The molecule has 0 amide bonds. The minimum atomic E-state index is 0.375. The molecule has 0 saturated heterocycles. The van der Waals surface area contributed by atoms with E-state index in [9.17, 15) is 0 Å². The first-order chi connectivity index (χ1) is 10.6. The van der Waals surface area contributed by atoms with Gasteiger partial charge in [-0.25, -0.2) is 0 Å². The van der Waals surface area contributed by atoms with Crippen LogP contribution >= 0.6 is 27.3 Å². The second-order valence-corrected chi connectivity index (χ2v) is 7.73. The number of guanidine groups is 1. The average molecular weight is 385 g/mol. The van der Waals surface area contributed by atoms with E-state index in [-0.39, 0.29) is 0 Å². The first-order valence-electron chi connectivity index (χ1n) is 7.22. The van der Waals surface area contributed by atoms with Crippen molar-refractivity contribution in [2.75, 3.05) is 13.6 Å². The largest absolute Gasteiger partial charge is 0.359 e. The molecule has 0 bridgehead atoms. The van der Waals surface area contributed by atoms with E-state index in [0.717, 1.165) is 34.2 Å². The summed E-state index contributed by atoms with van der Waals surface area (Å²) in [6.45, 7) is 5.60. The van der Waals surface area contributed by atoms with Crippen LogP contribution < -0.4 is 10.6 Å². The summed E-state index contributed by atoms with van der Waals surface area (Å²) in [5, 5.41) is 10.6. The molecule has 22 heavy (non-hydrogen) atoms. The third kappa shape index (κ3) is 5.14. The van der Waals surface area contributed by atoms with Gasteiger partial charge in [0.25, 0.3) is 0 Å². The summed E-state index contributed by atoms with van der Waals surface area (Å²) in [6.07, 6.45) is 0.969. The van der Waals surface area contributed by atoms with Crippen LogP contribution in [-0.4, -0.2) is 24.7 Å². The number of halogens is 1. The second-order valence-electron chi connectivity index (χ2n) is 5.18. The van der Waals surface area contributed by atoms with Crippen LogP contribution in [0.4, 0.5) is 0 Å². The maximum atomic E-state index is 5.30. The molecule has 2 aromatic rings. The lowest BCUT2D eigenvalue weighted by Crippen LogP contribution is -2.37. The molecule has 0 saturated carbocycles. The molecule has 5 nitrogen and oxygen atoms in total. The van der Waals surface area contributed by atoms with Crippen LogP contribution in [0.15, 0.2) is 31.5 Å². The summed E-state index contributed by atoms with van der Waals surface area (Å²) in [6, 6.07) is 6.19. The number of hydrogen-bond acceptors (Lipinski definition) is 4. The van der Waals surface area contributed by atoms with Gasteiger partial charge in [-0.2, -0.15) is 0 Å². The standard InChI is InChI=1S/C15H21BrN4OS/c1-10(2)13-8-11(21-20-13)9-19-15(17-3)18-7-6-12-4-5-14(16)22-12/h4-5,8,10H,6-7,9H2,1-3H3,(H2,17,18,19). The Kier molecular flexibility index (Phi) is 6.45. The number of nitrogens with one attached hydrogen (secondary N) is 2. The molecule has 2 N–H and O–H groups in total. The fraction of sp³-hybridized carbons (Fsp3) is 0.467. The van der Waals surface area contributed by atoms with Crippen LogP contribution in [0.1, 0.15) is 36.1 Å². The first-order valence-corrected chi connectivity index (χ1v) is 8.83. The molecule has 2 aromatic heterocycles. The smallest absolute Gasteiger partial charge is 0.191 e. The molecule has 2 rings (SSSR count). The molecule has 7 heteroatoms. The van der Waals surface area contributed by atoms with Crippen molar-refractivity contribution in [3.8, 4) is 0 Å². The molecule has 0 fully saturated rings. The highest BCUT2D eigenvalue weighted by atomic mass is 79.9. The van der Waals surface area contributed by atoms with Crippen LogP contribution in [0.2, 0.25) is 0 Å². The summed E-state index contributed by atoms with van der Waals surface area (Å²) in [5.41, 5.74) is 0.975. The third-order valence-electron chi connectivity index (χ3n) is 3.12. The average Bonchev–Trinajstić information content (AvgIpc) is 3.11. The quantitative estimate of drug-likeness (QED) is 0.590. The van der Waals surface area contributed by atoms with E-state index in [1.54, 1.807) is 18.4 Å². The number of nitrogens with zero attached hydrogens (tertiary/aromatic N) is 2. The van der Waals surface area contributed by atoms with Crippen LogP contribution in [0.5, 0.6) is 0 Å². The summed E-state index contributed by atoms with van der Waals surface area (Å²) < 4.78 is 6.46. The van der Waals surface area contributed by atoms with Crippen molar-refractivity contribution in [2.24, 2.45) is 4.99 Å². The topological polar surface area (TPSA) is 62.5 Å². The van der Waals surface area contributed by atoms with Gasteiger partial charge in [-0.1, -0.05) is 19.0 Å². The molecular weight excluding hydrogens is 364 g/mol. The predicted octanol–water partition coefficient (Wildman–Crippen LogP) is 3.53. The Hall–Kier alpha value is -1.34. The second kappa shape index (κ2) is 8.33. The van der Waals surface area contributed by atoms with Gasteiger partial charge in [0.1, 0.15) is 0 Å². The molecule has 0 aliphatic heterocycles. The van der Waals surface area contributed by atoms with E-state index < -0.39 is 0 Å². The van der Waals surface area contributed by atoms with Gasteiger partial charge in [-0.3, -0.25) is 4.99 Å². The monoisotopic (exact) mass is 384 g/mol. The van der Waals surface area contributed by atoms with Crippen molar-refractivity contribution in [2.45, 2.75) is 32.7 Å². The lowest BCUT2D eigenvalue weighted by atomic mass is 10.1. The fourth-order valence-electron chi connectivity index (χ4n) is 1.87. The van der Waals surface area contributed by atoms with E-state index in [1.807, 2.05) is 6.07 Å². The Balaban J connectivity index is 1.74. The molecule has 0 aliphatic carbocycles. The van der Waals surface area contributed by atoms with Crippen molar-refractivity contribution in [3.05, 3.63) is 38.3 Å². The molecule has 120 valence electrons. The summed E-state index contributed by atoms with van der Waals surface area (Å²) in [7, 11) is 1.76. The van der Waals surface area contributed by atoms with Crippen molar-refractivity contribution in [1.29, 1.82) is 0 Å². The highest BCUT2D eigenvalue weighted by Crippen LogP contribution is 2.22. The number of thiophene rings is 1. The molecule has 0 radical (unpaired) electrons.